The highest BCUT2D eigenvalue weighted by Gasteiger charge is 2.05. The number of nitrogens with one attached hydrogen (secondary N) is 1. The number of hydrogen-bond acceptors (Lipinski definition) is 2. The second kappa shape index (κ2) is 7.57. The summed E-state index contributed by atoms with van der Waals surface area (Å²) < 4.78 is 0. The fourth-order valence-corrected chi connectivity index (χ4v) is 2.11. The van der Waals surface area contributed by atoms with Crippen molar-refractivity contribution < 1.29 is 0 Å². The van der Waals surface area contributed by atoms with E-state index in [0.717, 1.165) is 37.6 Å². The summed E-state index contributed by atoms with van der Waals surface area (Å²) in [7, 11) is 0. The zero-order chi connectivity index (χ0) is 12.7. The van der Waals surface area contributed by atoms with Crippen LogP contribution in [0.4, 0.5) is 5.69 Å². The minimum absolute atomic E-state index is 0.852. The molecule has 17 heavy (non-hydrogen) atoms. The second-order valence-electron chi connectivity index (χ2n) is 4.12. The van der Waals surface area contributed by atoms with Gasteiger partial charge in [-0.15, -0.1) is 0 Å². The van der Waals surface area contributed by atoms with Gasteiger partial charge in [-0.05, 0) is 44.5 Å². The molecule has 0 saturated heterocycles. The third-order valence-corrected chi connectivity index (χ3v) is 3.26. The van der Waals surface area contributed by atoms with Crippen LogP contribution in [0.3, 0.4) is 0 Å². The Bertz CT molecular complexity index is 335. The van der Waals surface area contributed by atoms with Crippen LogP contribution in [0.15, 0.2) is 18.2 Å². The number of anilines is 1. The first-order valence-electron chi connectivity index (χ1n) is 6.47. The average molecular weight is 255 g/mol. The van der Waals surface area contributed by atoms with Crippen LogP contribution < -0.4 is 10.2 Å². The summed E-state index contributed by atoms with van der Waals surface area (Å²) in [6.45, 7) is 10.4. The summed E-state index contributed by atoms with van der Waals surface area (Å²) in [4.78, 5) is 2.30. The van der Waals surface area contributed by atoms with Gasteiger partial charge in [0.1, 0.15) is 0 Å². The maximum Gasteiger partial charge on any atom is 0.0471 e. The molecule has 0 saturated carbocycles. The molecule has 0 heterocycles. The molecule has 0 radical (unpaired) electrons. The molecule has 0 aliphatic rings. The molecule has 0 atom stereocenters. The molecule has 96 valence electrons. The Labute approximate surface area is 110 Å². The number of nitrogens with zero attached hydrogens (tertiary/aromatic N) is 1. The molecule has 0 amide bonds. The minimum atomic E-state index is 0.852. The quantitative estimate of drug-likeness (QED) is 0.747. The maximum atomic E-state index is 6.30. The Morgan fingerprint density at radius 3 is 2.41 bits per heavy atom. The summed E-state index contributed by atoms with van der Waals surface area (Å²) in [5.74, 6) is 0. The van der Waals surface area contributed by atoms with Crippen LogP contribution in [0.1, 0.15) is 32.8 Å². The van der Waals surface area contributed by atoms with Gasteiger partial charge in [0.15, 0.2) is 0 Å². The van der Waals surface area contributed by atoms with Crippen molar-refractivity contribution in [2.75, 3.05) is 24.5 Å². The maximum absolute atomic E-state index is 6.30. The zero-order valence-corrected chi connectivity index (χ0v) is 11.8. The molecular formula is C14H23ClN2. The normalized spacial score (nSPS) is 10.6. The molecule has 1 N–H and O–H groups in total. The highest BCUT2D eigenvalue weighted by atomic mass is 35.5. The molecule has 3 heteroatoms. The lowest BCUT2D eigenvalue weighted by atomic mass is 10.2. The van der Waals surface area contributed by atoms with E-state index in [2.05, 4.69) is 49.2 Å². The van der Waals surface area contributed by atoms with E-state index in [1.165, 1.54) is 11.3 Å². The zero-order valence-electron chi connectivity index (χ0n) is 11.1. The van der Waals surface area contributed by atoms with E-state index in [0.29, 0.717) is 0 Å². The van der Waals surface area contributed by atoms with Crippen molar-refractivity contribution in [3.63, 3.8) is 0 Å². The van der Waals surface area contributed by atoms with Crippen molar-refractivity contribution in [2.24, 2.45) is 0 Å². The van der Waals surface area contributed by atoms with E-state index in [4.69, 9.17) is 11.6 Å². The highest BCUT2D eigenvalue weighted by Crippen LogP contribution is 2.23. The SMILES string of the molecule is CCCNCc1ccc(N(CC)CC)cc1Cl. The lowest BCUT2D eigenvalue weighted by molar-refractivity contribution is 0.675. The summed E-state index contributed by atoms with van der Waals surface area (Å²) >= 11 is 6.30. The molecular weight excluding hydrogens is 232 g/mol. The second-order valence-corrected chi connectivity index (χ2v) is 4.53. The smallest absolute Gasteiger partial charge is 0.0471 e. The molecule has 2 nitrogen and oxygen atoms in total. The van der Waals surface area contributed by atoms with Crippen LogP contribution in [-0.2, 0) is 6.54 Å². The van der Waals surface area contributed by atoms with Gasteiger partial charge in [-0.3, -0.25) is 0 Å². The third-order valence-electron chi connectivity index (χ3n) is 2.91. The van der Waals surface area contributed by atoms with E-state index in [1.54, 1.807) is 0 Å². The number of halogens is 1. The predicted molar refractivity (Wildman–Crippen MR) is 77.0 cm³/mol. The van der Waals surface area contributed by atoms with Crippen molar-refractivity contribution >= 4 is 17.3 Å². The summed E-state index contributed by atoms with van der Waals surface area (Å²) in [5, 5.41) is 4.23. The third kappa shape index (κ3) is 4.21. The molecule has 0 spiro atoms. The fourth-order valence-electron chi connectivity index (χ4n) is 1.86. The summed E-state index contributed by atoms with van der Waals surface area (Å²) in [6.07, 6.45) is 1.15. The van der Waals surface area contributed by atoms with Gasteiger partial charge in [-0.1, -0.05) is 24.6 Å². The molecule has 0 bridgehead atoms. The van der Waals surface area contributed by atoms with Gasteiger partial charge in [0.25, 0.3) is 0 Å². The highest BCUT2D eigenvalue weighted by molar-refractivity contribution is 6.31. The Kier molecular flexibility index (Phi) is 6.38. The molecule has 1 aromatic rings. The Morgan fingerprint density at radius 1 is 1.18 bits per heavy atom. The molecule has 1 aromatic carbocycles. The van der Waals surface area contributed by atoms with Gasteiger partial charge < -0.3 is 10.2 Å². The van der Waals surface area contributed by atoms with E-state index in [9.17, 15) is 0 Å². The first-order valence-corrected chi connectivity index (χ1v) is 6.84. The van der Waals surface area contributed by atoms with Crippen molar-refractivity contribution in [1.29, 1.82) is 0 Å². The minimum Gasteiger partial charge on any atom is -0.372 e. The molecule has 1 rings (SSSR count). The van der Waals surface area contributed by atoms with Crippen LogP contribution in [0.2, 0.25) is 5.02 Å². The first kappa shape index (κ1) is 14.3. The van der Waals surface area contributed by atoms with Gasteiger partial charge in [0.2, 0.25) is 0 Å². The van der Waals surface area contributed by atoms with Crippen LogP contribution in [0.25, 0.3) is 0 Å². The van der Waals surface area contributed by atoms with Gasteiger partial charge in [-0.2, -0.15) is 0 Å². The van der Waals surface area contributed by atoms with E-state index >= 15 is 0 Å². The first-order chi connectivity index (χ1) is 8.22. The molecule has 0 fully saturated rings. The number of hydrogen-bond donors (Lipinski definition) is 1. The van der Waals surface area contributed by atoms with Crippen molar-refractivity contribution in [3.05, 3.63) is 28.8 Å². The summed E-state index contributed by atoms with van der Waals surface area (Å²) in [6, 6.07) is 6.35. The summed E-state index contributed by atoms with van der Waals surface area (Å²) in [5.41, 5.74) is 2.38. The number of benzene rings is 1. The lowest BCUT2D eigenvalue weighted by Gasteiger charge is -2.21. The number of rotatable bonds is 7. The monoisotopic (exact) mass is 254 g/mol. The van der Waals surface area contributed by atoms with Gasteiger partial charge >= 0.3 is 0 Å². The van der Waals surface area contributed by atoms with Gasteiger partial charge in [0.05, 0.1) is 0 Å². The Balaban J connectivity index is 2.71. The Morgan fingerprint density at radius 2 is 1.88 bits per heavy atom. The molecule has 0 aromatic heterocycles. The van der Waals surface area contributed by atoms with Crippen molar-refractivity contribution in [3.8, 4) is 0 Å². The lowest BCUT2D eigenvalue weighted by Crippen LogP contribution is -2.22. The van der Waals surface area contributed by atoms with Crippen molar-refractivity contribution in [1.82, 2.24) is 5.32 Å². The van der Waals surface area contributed by atoms with E-state index in [-0.39, 0.29) is 0 Å². The fraction of sp³-hybridized carbons (Fsp3) is 0.571. The Hall–Kier alpha value is -0.730. The van der Waals surface area contributed by atoms with Crippen LogP contribution >= 0.6 is 11.6 Å². The molecule has 0 unspecified atom stereocenters. The van der Waals surface area contributed by atoms with E-state index in [1.807, 2.05) is 0 Å². The van der Waals surface area contributed by atoms with Crippen LogP contribution in [0, 0.1) is 0 Å². The predicted octanol–water partition coefficient (Wildman–Crippen LogP) is 3.69. The molecule has 0 aliphatic carbocycles. The van der Waals surface area contributed by atoms with Crippen molar-refractivity contribution in [2.45, 2.75) is 33.7 Å². The molecule has 0 aliphatic heterocycles. The van der Waals surface area contributed by atoms with Gasteiger partial charge in [-0.25, -0.2) is 0 Å². The van der Waals surface area contributed by atoms with Crippen LogP contribution in [0.5, 0.6) is 0 Å². The van der Waals surface area contributed by atoms with Crippen LogP contribution in [-0.4, -0.2) is 19.6 Å². The van der Waals surface area contributed by atoms with E-state index < -0.39 is 0 Å². The standard InChI is InChI=1S/C14H23ClN2/c1-4-9-16-11-12-7-8-13(10-14(12)15)17(5-2)6-3/h7-8,10,16H,4-6,9,11H2,1-3H3. The topological polar surface area (TPSA) is 15.3 Å². The average Bonchev–Trinajstić information content (AvgIpc) is 2.33. The largest absolute Gasteiger partial charge is 0.372 e. The van der Waals surface area contributed by atoms with Gasteiger partial charge in [0, 0.05) is 30.3 Å².